The molecule has 0 aromatic heterocycles. The van der Waals surface area contributed by atoms with Crippen molar-refractivity contribution in [3.63, 3.8) is 0 Å². The van der Waals surface area contributed by atoms with Gasteiger partial charge >= 0.3 is 5.97 Å². The molecule has 3 rings (SSSR count). The molecular weight excluding hydrogens is 310 g/mol. The number of aliphatic carboxylic acids is 1. The van der Waals surface area contributed by atoms with Crippen molar-refractivity contribution in [1.82, 2.24) is 5.32 Å². The lowest BCUT2D eigenvalue weighted by molar-refractivity contribution is -0.141. The van der Waals surface area contributed by atoms with Crippen LogP contribution in [-0.4, -0.2) is 37.2 Å². The molecule has 0 bridgehead atoms. The topological polar surface area (TPSA) is 84.9 Å². The highest BCUT2D eigenvalue weighted by atomic mass is 16.5. The first-order valence-electron chi connectivity index (χ1n) is 8.28. The summed E-state index contributed by atoms with van der Waals surface area (Å²) in [5.41, 5.74) is 0.992. The summed E-state index contributed by atoms with van der Waals surface area (Å²) in [5.74, 6) is 0.489. The lowest BCUT2D eigenvalue weighted by atomic mass is 10.1. The van der Waals surface area contributed by atoms with Gasteiger partial charge in [-0.2, -0.15) is 0 Å². The van der Waals surface area contributed by atoms with Gasteiger partial charge in [0.2, 0.25) is 5.91 Å². The number of methoxy groups -OCH3 is 2. The molecule has 0 heterocycles. The van der Waals surface area contributed by atoms with Crippen LogP contribution in [0.1, 0.15) is 37.2 Å². The Morgan fingerprint density at radius 1 is 1.17 bits per heavy atom. The van der Waals surface area contributed by atoms with Crippen LogP contribution in [-0.2, 0) is 9.59 Å². The molecule has 1 amide bonds. The number of benzene rings is 1. The molecule has 2 aliphatic carbocycles. The number of nitrogens with one attached hydrogen (secondary N) is 1. The Morgan fingerprint density at radius 2 is 1.96 bits per heavy atom. The highest BCUT2D eigenvalue weighted by molar-refractivity contribution is 5.83. The highest BCUT2D eigenvalue weighted by Gasteiger charge is 2.46. The predicted molar refractivity (Wildman–Crippen MR) is 87.3 cm³/mol. The van der Waals surface area contributed by atoms with E-state index in [9.17, 15) is 9.59 Å². The maximum atomic E-state index is 12.4. The maximum absolute atomic E-state index is 12.4. The molecule has 2 N–H and O–H groups in total. The zero-order chi connectivity index (χ0) is 17.3. The maximum Gasteiger partial charge on any atom is 0.306 e. The minimum Gasteiger partial charge on any atom is -0.497 e. The quantitative estimate of drug-likeness (QED) is 0.833. The van der Waals surface area contributed by atoms with Crippen LogP contribution in [0.15, 0.2) is 18.2 Å². The van der Waals surface area contributed by atoms with E-state index in [1.165, 1.54) is 0 Å². The van der Waals surface area contributed by atoms with Crippen LogP contribution in [0, 0.1) is 11.8 Å². The Balaban J connectivity index is 1.61. The van der Waals surface area contributed by atoms with Gasteiger partial charge in [0.15, 0.2) is 0 Å². The second-order valence-corrected chi connectivity index (χ2v) is 6.61. The Hall–Kier alpha value is -2.24. The minimum absolute atomic E-state index is 0.0147. The molecule has 0 saturated heterocycles. The van der Waals surface area contributed by atoms with E-state index >= 15 is 0 Å². The largest absolute Gasteiger partial charge is 0.497 e. The molecule has 24 heavy (non-hydrogen) atoms. The second-order valence-electron chi connectivity index (χ2n) is 6.61. The molecule has 6 heteroatoms. The average molecular weight is 333 g/mol. The number of carbonyl (C=O) groups is 2. The van der Waals surface area contributed by atoms with Gasteiger partial charge in [-0.25, -0.2) is 0 Å². The van der Waals surface area contributed by atoms with Crippen molar-refractivity contribution < 1.29 is 24.2 Å². The summed E-state index contributed by atoms with van der Waals surface area (Å²) in [5, 5.41) is 12.1. The van der Waals surface area contributed by atoms with Crippen LogP contribution in [0.4, 0.5) is 0 Å². The third-order valence-electron chi connectivity index (χ3n) is 5.09. The Bertz CT molecular complexity index is 644. The van der Waals surface area contributed by atoms with Gasteiger partial charge in [0.25, 0.3) is 0 Å². The fourth-order valence-electron chi connectivity index (χ4n) is 3.60. The van der Waals surface area contributed by atoms with Crippen molar-refractivity contribution in [3.05, 3.63) is 23.8 Å². The van der Waals surface area contributed by atoms with Crippen LogP contribution in [0.25, 0.3) is 0 Å². The number of carbonyl (C=O) groups excluding carboxylic acids is 1. The molecule has 1 aromatic rings. The predicted octanol–water partition coefficient (Wildman–Crippen LogP) is 2.18. The van der Waals surface area contributed by atoms with Gasteiger partial charge in [-0.3, -0.25) is 9.59 Å². The molecule has 130 valence electrons. The summed E-state index contributed by atoms with van der Waals surface area (Å²) in [4.78, 5) is 23.5. The van der Waals surface area contributed by atoms with E-state index in [4.69, 9.17) is 14.6 Å². The van der Waals surface area contributed by atoms with Crippen molar-refractivity contribution in [3.8, 4) is 11.5 Å². The first-order chi connectivity index (χ1) is 11.5. The normalized spacial score (nSPS) is 28.2. The van der Waals surface area contributed by atoms with Gasteiger partial charge in [-0.1, -0.05) is 0 Å². The van der Waals surface area contributed by atoms with Crippen LogP contribution < -0.4 is 14.8 Å². The molecular formula is C18H23NO5. The van der Waals surface area contributed by atoms with Crippen LogP contribution in [0.5, 0.6) is 11.5 Å². The number of hydrogen-bond acceptors (Lipinski definition) is 4. The highest BCUT2D eigenvalue weighted by Crippen LogP contribution is 2.51. The van der Waals surface area contributed by atoms with Crippen molar-refractivity contribution in [2.24, 2.45) is 11.8 Å². The van der Waals surface area contributed by atoms with Crippen LogP contribution in [0.3, 0.4) is 0 Å². The SMILES string of the molecule is COc1ccc(OC)c(C2CC2C(=O)N[C@@H]2CC[C@H](C(=O)O)C2)c1. The van der Waals surface area contributed by atoms with Crippen LogP contribution >= 0.6 is 0 Å². The second kappa shape index (κ2) is 6.71. The molecule has 2 saturated carbocycles. The summed E-state index contributed by atoms with van der Waals surface area (Å²) in [7, 11) is 3.23. The zero-order valence-corrected chi connectivity index (χ0v) is 14.0. The number of ether oxygens (including phenoxy) is 2. The standard InChI is InChI=1S/C18H23NO5/c1-23-12-5-6-16(24-2)14(8-12)13-9-15(13)17(20)19-11-4-3-10(7-11)18(21)22/h5-6,8,10-11,13,15H,3-4,7,9H2,1-2H3,(H,19,20)(H,21,22)/t10-,11+,13?,15?/m0/s1. The fourth-order valence-corrected chi connectivity index (χ4v) is 3.60. The molecule has 0 radical (unpaired) electrons. The third-order valence-corrected chi connectivity index (χ3v) is 5.09. The van der Waals surface area contributed by atoms with Crippen molar-refractivity contribution in [2.45, 2.75) is 37.6 Å². The fraction of sp³-hybridized carbons (Fsp3) is 0.556. The lowest BCUT2D eigenvalue weighted by Crippen LogP contribution is -2.34. The van der Waals surface area contributed by atoms with Gasteiger partial charge in [0, 0.05) is 23.4 Å². The van der Waals surface area contributed by atoms with E-state index in [0.29, 0.717) is 12.8 Å². The van der Waals surface area contributed by atoms with Crippen molar-refractivity contribution in [2.75, 3.05) is 14.2 Å². The van der Waals surface area contributed by atoms with E-state index < -0.39 is 5.97 Å². The Kier molecular flexibility index (Phi) is 4.64. The zero-order valence-electron chi connectivity index (χ0n) is 14.0. The smallest absolute Gasteiger partial charge is 0.306 e. The van der Waals surface area contributed by atoms with Crippen molar-refractivity contribution in [1.29, 1.82) is 0 Å². The summed E-state index contributed by atoms with van der Waals surface area (Å²) in [6.45, 7) is 0. The van der Waals surface area contributed by atoms with Gasteiger partial charge in [0.05, 0.1) is 20.1 Å². The van der Waals surface area contributed by atoms with E-state index in [2.05, 4.69) is 5.32 Å². The number of rotatable bonds is 6. The summed E-state index contributed by atoms with van der Waals surface area (Å²) < 4.78 is 10.7. The molecule has 0 spiro atoms. The van der Waals surface area contributed by atoms with E-state index in [1.54, 1.807) is 14.2 Å². The Morgan fingerprint density at radius 3 is 2.58 bits per heavy atom. The first-order valence-corrected chi connectivity index (χ1v) is 8.28. The average Bonchev–Trinajstić information content (AvgIpc) is 3.25. The van der Waals surface area contributed by atoms with Gasteiger partial charge in [0.1, 0.15) is 11.5 Å². The molecule has 4 atom stereocenters. The molecule has 6 nitrogen and oxygen atoms in total. The number of hydrogen-bond donors (Lipinski definition) is 2. The van der Waals surface area contributed by atoms with E-state index in [-0.39, 0.29) is 29.7 Å². The Labute approximate surface area is 141 Å². The van der Waals surface area contributed by atoms with Gasteiger partial charge < -0.3 is 19.9 Å². The minimum atomic E-state index is -0.767. The van der Waals surface area contributed by atoms with E-state index in [1.807, 2.05) is 18.2 Å². The molecule has 1 aromatic carbocycles. The molecule has 2 aliphatic rings. The van der Waals surface area contributed by atoms with Gasteiger partial charge in [-0.05, 0) is 43.9 Å². The molecule has 2 unspecified atom stereocenters. The summed E-state index contributed by atoms with van der Waals surface area (Å²) in [6, 6.07) is 5.60. The summed E-state index contributed by atoms with van der Waals surface area (Å²) in [6.07, 6.45) is 2.69. The van der Waals surface area contributed by atoms with E-state index in [0.717, 1.165) is 29.9 Å². The third kappa shape index (κ3) is 3.32. The number of amides is 1. The summed E-state index contributed by atoms with van der Waals surface area (Å²) >= 11 is 0. The monoisotopic (exact) mass is 333 g/mol. The molecule has 2 fully saturated rings. The first kappa shape index (κ1) is 16.6. The number of carboxylic acid groups (broad SMARTS) is 1. The molecule has 0 aliphatic heterocycles. The lowest BCUT2D eigenvalue weighted by Gasteiger charge is -2.13. The van der Waals surface area contributed by atoms with Crippen LogP contribution in [0.2, 0.25) is 0 Å². The van der Waals surface area contributed by atoms with Crippen molar-refractivity contribution >= 4 is 11.9 Å². The number of carboxylic acids is 1. The van der Waals surface area contributed by atoms with Gasteiger partial charge in [-0.15, -0.1) is 0 Å².